The van der Waals surface area contributed by atoms with Crippen LogP contribution < -0.4 is 11.1 Å². The number of carbonyl (C=O) groups is 1. The second-order valence-electron chi connectivity index (χ2n) is 5.63. The van der Waals surface area contributed by atoms with Gasteiger partial charge >= 0.3 is 6.18 Å². The Balaban J connectivity index is 0.00000288. The first-order valence-corrected chi connectivity index (χ1v) is 6.81. The Morgan fingerprint density at radius 1 is 1.12 bits per heavy atom. The molecule has 1 amide bonds. The highest BCUT2D eigenvalue weighted by Gasteiger charge is 2.34. The third kappa shape index (κ3) is 4.38. The molecule has 0 aliphatic heterocycles. The van der Waals surface area contributed by atoms with Crippen molar-refractivity contribution in [2.24, 2.45) is 0 Å². The number of alkyl halides is 3. The Morgan fingerprint density at radius 2 is 1.75 bits per heavy atom. The predicted molar refractivity (Wildman–Crippen MR) is 89.0 cm³/mol. The largest absolute Gasteiger partial charge is 0.416 e. The molecule has 0 unspecified atom stereocenters. The molecule has 0 aliphatic rings. The van der Waals surface area contributed by atoms with Crippen LogP contribution in [0.25, 0.3) is 0 Å². The van der Waals surface area contributed by atoms with Crippen LogP contribution >= 0.6 is 12.4 Å². The minimum atomic E-state index is -4.45. The third-order valence-electron chi connectivity index (χ3n) is 3.52. The van der Waals surface area contributed by atoms with Gasteiger partial charge in [0.25, 0.3) is 0 Å². The maximum Gasteiger partial charge on any atom is 0.416 e. The molecule has 0 atom stereocenters. The normalized spacial score (nSPS) is 11.5. The van der Waals surface area contributed by atoms with Gasteiger partial charge in [-0.1, -0.05) is 18.2 Å². The summed E-state index contributed by atoms with van der Waals surface area (Å²) in [5.74, 6) is -0.136. The van der Waals surface area contributed by atoms with E-state index in [-0.39, 0.29) is 18.0 Å². The maximum atomic E-state index is 12.8. The number of nitrogen functional groups attached to an aromatic ring is 1. The SMILES string of the molecule is CC(C)(C(=O)Nc1ccc(N)nc1)c1cccc(C(F)(F)F)c1.Cl. The molecule has 2 rings (SSSR count). The van der Waals surface area contributed by atoms with Gasteiger partial charge < -0.3 is 11.1 Å². The van der Waals surface area contributed by atoms with Gasteiger partial charge in [-0.05, 0) is 37.6 Å². The number of hydrogen-bond donors (Lipinski definition) is 2. The monoisotopic (exact) mass is 359 g/mol. The maximum absolute atomic E-state index is 12.8. The highest BCUT2D eigenvalue weighted by Crippen LogP contribution is 2.33. The van der Waals surface area contributed by atoms with E-state index in [0.717, 1.165) is 12.1 Å². The first kappa shape index (κ1) is 19.8. The summed E-state index contributed by atoms with van der Waals surface area (Å²) in [5.41, 5.74) is 4.22. The van der Waals surface area contributed by atoms with Crippen molar-refractivity contribution in [3.63, 3.8) is 0 Å². The molecule has 2 aromatic rings. The van der Waals surface area contributed by atoms with Gasteiger partial charge in [0, 0.05) is 0 Å². The van der Waals surface area contributed by atoms with E-state index in [4.69, 9.17) is 5.73 Å². The topological polar surface area (TPSA) is 68.0 Å². The molecule has 24 heavy (non-hydrogen) atoms. The summed E-state index contributed by atoms with van der Waals surface area (Å²) >= 11 is 0. The number of anilines is 2. The van der Waals surface area contributed by atoms with Crippen LogP contribution in [-0.2, 0) is 16.4 Å². The van der Waals surface area contributed by atoms with E-state index in [9.17, 15) is 18.0 Å². The number of amides is 1. The van der Waals surface area contributed by atoms with E-state index in [1.54, 1.807) is 19.9 Å². The van der Waals surface area contributed by atoms with Crippen molar-refractivity contribution in [1.82, 2.24) is 4.98 Å². The fraction of sp³-hybridized carbons (Fsp3) is 0.250. The molecule has 130 valence electrons. The van der Waals surface area contributed by atoms with E-state index in [1.165, 1.54) is 24.4 Å². The van der Waals surface area contributed by atoms with E-state index >= 15 is 0 Å². The number of nitrogens with one attached hydrogen (secondary N) is 1. The molecule has 0 radical (unpaired) electrons. The Labute approximate surface area is 143 Å². The zero-order valence-electron chi connectivity index (χ0n) is 13.0. The lowest BCUT2D eigenvalue weighted by molar-refractivity contribution is -0.137. The van der Waals surface area contributed by atoms with Crippen LogP contribution in [0.1, 0.15) is 25.0 Å². The number of halogens is 4. The smallest absolute Gasteiger partial charge is 0.384 e. The molecule has 0 aliphatic carbocycles. The number of hydrogen-bond acceptors (Lipinski definition) is 3. The van der Waals surface area contributed by atoms with Gasteiger partial charge in [-0.2, -0.15) is 13.2 Å². The molecular formula is C16H17ClF3N3O. The van der Waals surface area contributed by atoms with Crippen LogP contribution in [0.2, 0.25) is 0 Å². The average Bonchev–Trinajstić information content (AvgIpc) is 2.49. The Bertz CT molecular complexity index is 715. The summed E-state index contributed by atoms with van der Waals surface area (Å²) in [7, 11) is 0. The summed E-state index contributed by atoms with van der Waals surface area (Å²) in [4.78, 5) is 16.3. The van der Waals surface area contributed by atoms with Crippen molar-refractivity contribution in [1.29, 1.82) is 0 Å². The van der Waals surface area contributed by atoms with Crippen molar-refractivity contribution >= 4 is 29.8 Å². The van der Waals surface area contributed by atoms with Gasteiger partial charge in [-0.15, -0.1) is 12.4 Å². The molecule has 3 N–H and O–H groups in total. The third-order valence-corrected chi connectivity index (χ3v) is 3.52. The molecule has 1 aromatic carbocycles. The first-order valence-electron chi connectivity index (χ1n) is 6.81. The van der Waals surface area contributed by atoms with Crippen LogP contribution in [0.4, 0.5) is 24.7 Å². The van der Waals surface area contributed by atoms with Gasteiger partial charge in [0.1, 0.15) is 5.82 Å². The Morgan fingerprint density at radius 3 is 2.29 bits per heavy atom. The van der Waals surface area contributed by atoms with E-state index in [2.05, 4.69) is 10.3 Å². The van der Waals surface area contributed by atoms with Crippen LogP contribution in [0.3, 0.4) is 0 Å². The van der Waals surface area contributed by atoms with Crippen LogP contribution in [0.15, 0.2) is 42.6 Å². The van der Waals surface area contributed by atoms with Crippen molar-refractivity contribution in [2.75, 3.05) is 11.1 Å². The van der Waals surface area contributed by atoms with Gasteiger partial charge in [0.15, 0.2) is 0 Å². The quantitative estimate of drug-likeness (QED) is 0.869. The lowest BCUT2D eigenvalue weighted by atomic mass is 9.83. The summed E-state index contributed by atoms with van der Waals surface area (Å²) in [6.07, 6.45) is -3.07. The van der Waals surface area contributed by atoms with Crippen molar-refractivity contribution in [2.45, 2.75) is 25.4 Å². The molecule has 0 bridgehead atoms. The van der Waals surface area contributed by atoms with E-state index in [0.29, 0.717) is 11.5 Å². The fourth-order valence-corrected chi connectivity index (χ4v) is 1.98. The number of benzene rings is 1. The molecule has 8 heteroatoms. The second-order valence-corrected chi connectivity index (χ2v) is 5.63. The zero-order chi connectivity index (χ0) is 17.3. The lowest BCUT2D eigenvalue weighted by Gasteiger charge is -2.25. The van der Waals surface area contributed by atoms with Crippen molar-refractivity contribution in [3.05, 3.63) is 53.7 Å². The molecule has 0 saturated carbocycles. The number of rotatable bonds is 3. The summed E-state index contributed by atoms with van der Waals surface area (Å²) in [6.45, 7) is 3.12. The van der Waals surface area contributed by atoms with Crippen LogP contribution in [-0.4, -0.2) is 10.9 Å². The van der Waals surface area contributed by atoms with Crippen molar-refractivity contribution in [3.8, 4) is 0 Å². The van der Waals surface area contributed by atoms with Crippen molar-refractivity contribution < 1.29 is 18.0 Å². The molecule has 0 saturated heterocycles. The minimum Gasteiger partial charge on any atom is -0.384 e. The standard InChI is InChI=1S/C16H16F3N3O.ClH/c1-15(2,10-4-3-5-11(8-10)16(17,18)19)14(23)22-12-6-7-13(20)21-9-12;/h3-9H,1-2H3,(H2,20,21)(H,22,23);1H. The van der Waals surface area contributed by atoms with Crippen LogP contribution in [0, 0.1) is 0 Å². The summed E-state index contributed by atoms with van der Waals surface area (Å²) < 4.78 is 38.5. The van der Waals surface area contributed by atoms with Crippen LogP contribution in [0.5, 0.6) is 0 Å². The number of aromatic nitrogens is 1. The first-order chi connectivity index (χ1) is 10.6. The highest BCUT2D eigenvalue weighted by molar-refractivity contribution is 5.98. The Hall–Kier alpha value is -2.28. The molecule has 4 nitrogen and oxygen atoms in total. The number of pyridine rings is 1. The molecule has 0 spiro atoms. The highest BCUT2D eigenvalue weighted by atomic mass is 35.5. The Kier molecular flexibility index (Phi) is 5.84. The number of nitrogens with zero attached hydrogens (tertiary/aromatic N) is 1. The second kappa shape index (κ2) is 7.09. The fourth-order valence-electron chi connectivity index (χ4n) is 1.98. The lowest BCUT2D eigenvalue weighted by Crippen LogP contribution is -2.35. The molecule has 0 fully saturated rings. The molecule has 1 aromatic heterocycles. The van der Waals surface area contributed by atoms with Gasteiger partial charge in [0.2, 0.25) is 5.91 Å². The zero-order valence-corrected chi connectivity index (χ0v) is 13.8. The van der Waals surface area contributed by atoms with Gasteiger partial charge in [-0.25, -0.2) is 4.98 Å². The van der Waals surface area contributed by atoms with Gasteiger partial charge in [-0.3, -0.25) is 4.79 Å². The summed E-state index contributed by atoms with van der Waals surface area (Å²) in [6, 6.07) is 7.84. The number of nitrogens with two attached hydrogens (primary N) is 1. The van der Waals surface area contributed by atoms with E-state index in [1.807, 2.05) is 0 Å². The minimum absolute atomic E-state index is 0. The number of carbonyl (C=O) groups excluding carboxylic acids is 1. The predicted octanol–water partition coefficient (Wildman–Crippen LogP) is 4.02. The average molecular weight is 360 g/mol. The van der Waals surface area contributed by atoms with E-state index < -0.39 is 23.1 Å². The molecule has 1 heterocycles. The molecular weight excluding hydrogens is 343 g/mol. The van der Waals surface area contributed by atoms with Gasteiger partial charge in [0.05, 0.1) is 22.9 Å². The summed E-state index contributed by atoms with van der Waals surface area (Å²) in [5, 5.41) is 2.63.